The SMILES string of the molecule is O=C(Nc1cc(F)c(Oc2ccnc3[nH]cc(Cl)c23)c(F)c1)Nc1ccc(N2CCOCC2)nn1. The zero-order chi connectivity index (χ0) is 24.4. The number of carbonyl (C=O) groups excluding carboxylic acids is 1. The van der Waals surface area contributed by atoms with E-state index in [2.05, 4.69) is 30.8 Å². The average molecular weight is 502 g/mol. The van der Waals surface area contributed by atoms with Crippen molar-refractivity contribution in [2.24, 2.45) is 0 Å². The van der Waals surface area contributed by atoms with Crippen molar-refractivity contribution < 1.29 is 23.0 Å². The van der Waals surface area contributed by atoms with Crippen molar-refractivity contribution in [2.45, 2.75) is 0 Å². The van der Waals surface area contributed by atoms with Crippen molar-refractivity contribution in [3.63, 3.8) is 0 Å². The number of urea groups is 1. The lowest BCUT2D eigenvalue weighted by Crippen LogP contribution is -2.36. The largest absolute Gasteiger partial charge is 0.450 e. The maximum atomic E-state index is 14.7. The Balaban J connectivity index is 1.26. The lowest BCUT2D eigenvalue weighted by molar-refractivity contribution is 0.122. The molecule has 0 saturated carbocycles. The zero-order valence-electron chi connectivity index (χ0n) is 18.0. The number of hydrogen-bond acceptors (Lipinski definition) is 7. The van der Waals surface area contributed by atoms with Crippen LogP contribution in [0.2, 0.25) is 5.02 Å². The molecule has 2 amide bonds. The van der Waals surface area contributed by atoms with Gasteiger partial charge in [-0.15, -0.1) is 10.2 Å². The molecule has 0 radical (unpaired) electrons. The fraction of sp³-hybridized carbons (Fsp3) is 0.182. The minimum Gasteiger partial charge on any atom is -0.450 e. The lowest BCUT2D eigenvalue weighted by atomic mass is 10.2. The van der Waals surface area contributed by atoms with Gasteiger partial charge in [-0.3, -0.25) is 5.32 Å². The third-order valence-corrected chi connectivity index (χ3v) is 5.48. The van der Waals surface area contributed by atoms with Crippen LogP contribution in [0, 0.1) is 11.6 Å². The molecule has 1 fully saturated rings. The smallest absolute Gasteiger partial charge is 0.324 e. The number of aromatic amines is 1. The van der Waals surface area contributed by atoms with Gasteiger partial charge in [-0.2, -0.15) is 0 Å². The van der Waals surface area contributed by atoms with E-state index in [1.54, 1.807) is 12.1 Å². The highest BCUT2D eigenvalue weighted by molar-refractivity contribution is 6.36. The number of H-pyrrole nitrogens is 1. The van der Waals surface area contributed by atoms with Crippen LogP contribution in [-0.2, 0) is 4.74 Å². The molecule has 0 atom stereocenters. The number of halogens is 3. The minimum atomic E-state index is -1.02. The highest BCUT2D eigenvalue weighted by atomic mass is 35.5. The number of morpholine rings is 1. The molecule has 4 aromatic rings. The molecule has 5 rings (SSSR count). The Morgan fingerprint density at radius 1 is 1.11 bits per heavy atom. The number of anilines is 3. The molecule has 180 valence electrons. The number of rotatable bonds is 5. The van der Waals surface area contributed by atoms with E-state index < -0.39 is 23.4 Å². The summed E-state index contributed by atoms with van der Waals surface area (Å²) in [6, 6.07) is 5.85. The molecule has 1 aromatic carbocycles. The van der Waals surface area contributed by atoms with Gasteiger partial charge in [-0.05, 0) is 18.2 Å². The van der Waals surface area contributed by atoms with Gasteiger partial charge >= 0.3 is 6.03 Å². The molecule has 10 nitrogen and oxygen atoms in total. The zero-order valence-corrected chi connectivity index (χ0v) is 18.8. The number of nitrogens with zero attached hydrogens (tertiary/aromatic N) is 4. The van der Waals surface area contributed by atoms with Crippen LogP contribution in [0.15, 0.2) is 42.7 Å². The number of fused-ring (bicyclic) bond motifs is 1. The van der Waals surface area contributed by atoms with E-state index in [-0.39, 0.29) is 17.3 Å². The third-order valence-electron chi connectivity index (χ3n) is 5.18. The molecule has 1 saturated heterocycles. The van der Waals surface area contributed by atoms with Gasteiger partial charge in [0.1, 0.15) is 11.4 Å². The number of amides is 2. The van der Waals surface area contributed by atoms with Crippen LogP contribution < -0.4 is 20.3 Å². The molecule has 13 heteroatoms. The van der Waals surface area contributed by atoms with Crippen LogP contribution in [0.5, 0.6) is 11.5 Å². The number of pyridine rings is 1. The molecular weight excluding hydrogens is 484 g/mol. The first kappa shape index (κ1) is 22.7. The van der Waals surface area contributed by atoms with Crippen LogP contribution in [0.25, 0.3) is 11.0 Å². The molecule has 1 aliphatic rings. The number of carbonyl (C=O) groups is 1. The summed E-state index contributed by atoms with van der Waals surface area (Å²) < 4.78 is 40.1. The summed E-state index contributed by atoms with van der Waals surface area (Å²) >= 11 is 6.11. The second-order valence-corrected chi connectivity index (χ2v) is 7.90. The lowest BCUT2D eigenvalue weighted by Gasteiger charge is -2.27. The van der Waals surface area contributed by atoms with Gasteiger partial charge < -0.3 is 24.7 Å². The molecule has 35 heavy (non-hydrogen) atoms. The summed E-state index contributed by atoms with van der Waals surface area (Å²) in [6.45, 7) is 2.60. The predicted molar refractivity (Wildman–Crippen MR) is 125 cm³/mol. The molecule has 1 aliphatic heterocycles. The van der Waals surface area contributed by atoms with E-state index in [0.29, 0.717) is 48.2 Å². The maximum absolute atomic E-state index is 14.7. The first-order chi connectivity index (χ1) is 17.0. The summed E-state index contributed by atoms with van der Waals surface area (Å²) in [5, 5.41) is 13.6. The average Bonchev–Trinajstić information content (AvgIpc) is 3.24. The Bertz CT molecular complexity index is 1350. The molecule has 0 bridgehead atoms. The minimum absolute atomic E-state index is 0.122. The van der Waals surface area contributed by atoms with Gasteiger partial charge in [0.05, 0.1) is 23.6 Å². The Morgan fingerprint density at radius 3 is 2.60 bits per heavy atom. The topological polar surface area (TPSA) is 117 Å². The van der Waals surface area contributed by atoms with Crippen molar-refractivity contribution in [3.05, 3.63) is 59.4 Å². The molecule has 0 aliphatic carbocycles. The number of benzene rings is 1. The fourth-order valence-corrected chi connectivity index (χ4v) is 3.78. The Kier molecular flexibility index (Phi) is 6.29. The van der Waals surface area contributed by atoms with Gasteiger partial charge in [0.2, 0.25) is 0 Å². The van der Waals surface area contributed by atoms with E-state index >= 15 is 0 Å². The Hall–Kier alpha value is -4.03. The molecular formula is C22H18ClF2N7O3. The van der Waals surface area contributed by atoms with Gasteiger partial charge in [0, 0.05) is 43.3 Å². The molecule has 3 N–H and O–H groups in total. The van der Waals surface area contributed by atoms with E-state index in [1.165, 1.54) is 18.5 Å². The van der Waals surface area contributed by atoms with Crippen molar-refractivity contribution in [2.75, 3.05) is 41.8 Å². The third kappa shape index (κ3) is 4.93. The van der Waals surface area contributed by atoms with Crippen molar-refractivity contribution in [1.82, 2.24) is 20.2 Å². The van der Waals surface area contributed by atoms with Crippen molar-refractivity contribution in [1.29, 1.82) is 0 Å². The van der Waals surface area contributed by atoms with E-state index in [1.807, 2.05) is 4.90 Å². The van der Waals surface area contributed by atoms with Gasteiger partial charge in [0.15, 0.2) is 29.0 Å². The number of ether oxygens (including phenoxy) is 2. The van der Waals surface area contributed by atoms with Crippen molar-refractivity contribution in [3.8, 4) is 11.5 Å². The molecule has 3 aromatic heterocycles. The molecule has 0 unspecified atom stereocenters. The summed E-state index contributed by atoms with van der Waals surface area (Å²) in [7, 11) is 0. The van der Waals surface area contributed by atoms with Crippen molar-refractivity contribution >= 4 is 46.0 Å². The van der Waals surface area contributed by atoms with Crippen LogP contribution in [-0.4, -0.2) is 52.5 Å². The summed E-state index contributed by atoms with van der Waals surface area (Å²) in [6.07, 6.45) is 2.90. The second-order valence-electron chi connectivity index (χ2n) is 7.50. The monoisotopic (exact) mass is 501 g/mol. The van der Waals surface area contributed by atoms with Crippen LogP contribution in [0.3, 0.4) is 0 Å². The van der Waals surface area contributed by atoms with Gasteiger partial charge in [-0.25, -0.2) is 18.6 Å². The summed E-state index contributed by atoms with van der Waals surface area (Å²) in [4.78, 5) is 21.2. The van der Waals surface area contributed by atoms with Crippen LogP contribution in [0.1, 0.15) is 0 Å². The normalized spacial score (nSPS) is 13.6. The van der Waals surface area contributed by atoms with E-state index in [9.17, 15) is 13.6 Å². The molecule has 0 spiro atoms. The van der Waals surface area contributed by atoms with Crippen LogP contribution >= 0.6 is 11.6 Å². The maximum Gasteiger partial charge on any atom is 0.324 e. The Labute approximate surface area is 202 Å². The number of nitrogens with one attached hydrogen (secondary N) is 3. The fourth-order valence-electron chi connectivity index (χ4n) is 3.54. The highest BCUT2D eigenvalue weighted by Crippen LogP contribution is 2.36. The first-order valence-electron chi connectivity index (χ1n) is 10.5. The number of aromatic nitrogens is 4. The van der Waals surface area contributed by atoms with E-state index in [0.717, 1.165) is 12.1 Å². The first-order valence-corrected chi connectivity index (χ1v) is 10.9. The van der Waals surface area contributed by atoms with E-state index in [4.69, 9.17) is 21.1 Å². The van der Waals surface area contributed by atoms with Crippen LogP contribution in [0.4, 0.5) is 30.9 Å². The quantitative estimate of drug-likeness (QED) is 0.367. The summed E-state index contributed by atoms with van der Waals surface area (Å²) in [5.74, 6) is -1.74. The Morgan fingerprint density at radius 2 is 1.89 bits per heavy atom. The highest BCUT2D eigenvalue weighted by Gasteiger charge is 2.18. The van der Waals surface area contributed by atoms with Gasteiger partial charge in [0.25, 0.3) is 0 Å². The van der Waals surface area contributed by atoms with Gasteiger partial charge in [-0.1, -0.05) is 11.6 Å². The number of hydrogen-bond donors (Lipinski definition) is 3. The second kappa shape index (κ2) is 9.68. The molecule has 4 heterocycles. The standard InChI is InChI=1S/C22H18ClF2N7O3/c23-13-11-27-21-19(13)16(3-4-26-21)35-20-14(24)9-12(10-15(20)25)28-22(33)29-17-1-2-18(31-30-17)32-5-7-34-8-6-32/h1-4,9-11H,5-8H2,(H,26,27)(H2,28,29,30,33). The predicted octanol–water partition coefficient (Wildman–Crippen LogP) is 4.56. The summed E-state index contributed by atoms with van der Waals surface area (Å²) in [5.41, 5.74) is 0.284.